The van der Waals surface area contributed by atoms with Gasteiger partial charge in [0, 0.05) is 5.56 Å². The fraction of sp³-hybridized carbons (Fsp3) is 0.308. The first-order chi connectivity index (χ1) is 16.8. The molecule has 35 heavy (non-hydrogen) atoms. The first-order valence-corrected chi connectivity index (χ1v) is 12.0. The summed E-state index contributed by atoms with van der Waals surface area (Å²) in [6.45, 7) is 5.19. The second-order valence-electron chi connectivity index (χ2n) is 8.60. The van der Waals surface area contributed by atoms with Gasteiger partial charge in [-0.25, -0.2) is 14.0 Å². The SMILES string of the molecule is COC(=O)c1sccc1NC(=O)N1CCOc2ccc(COCc3cccc(F)c3)cc2C1(C)C. The van der Waals surface area contributed by atoms with Crippen LogP contribution in [0.2, 0.25) is 0 Å². The molecule has 0 atom stereocenters. The maximum Gasteiger partial charge on any atom is 0.350 e. The highest BCUT2D eigenvalue weighted by Crippen LogP contribution is 2.38. The van der Waals surface area contributed by atoms with Crippen LogP contribution in [0.3, 0.4) is 0 Å². The number of rotatable bonds is 6. The zero-order valence-electron chi connectivity index (χ0n) is 19.8. The number of carbonyl (C=O) groups excluding carboxylic acids is 2. The van der Waals surface area contributed by atoms with Gasteiger partial charge in [0.1, 0.15) is 23.1 Å². The number of amides is 2. The van der Waals surface area contributed by atoms with Crippen molar-refractivity contribution in [1.82, 2.24) is 4.90 Å². The molecule has 0 saturated carbocycles. The van der Waals surface area contributed by atoms with Crippen molar-refractivity contribution in [3.63, 3.8) is 0 Å². The van der Waals surface area contributed by atoms with Crippen molar-refractivity contribution in [1.29, 1.82) is 0 Å². The van der Waals surface area contributed by atoms with Crippen molar-refractivity contribution in [2.24, 2.45) is 0 Å². The molecule has 0 saturated heterocycles. The third-order valence-corrected chi connectivity index (χ3v) is 6.79. The molecule has 2 aromatic carbocycles. The van der Waals surface area contributed by atoms with E-state index in [1.165, 1.54) is 30.6 Å². The molecule has 1 aliphatic rings. The van der Waals surface area contributed by atoms with Crippen LogP contribution in [0.4, 0.5) is 14.9 Å². The lowest BCUT2D eigenvalue weighted by atomic mass is 9.90. The minimum atomic E-state index is -0.712. The van der Waals surface area contributed by atoms with E-state index in [2.05, 4.69) is 5.32 Å². The van der Waals surface area contributed by atoms with E-state index in [0.717, 1.165) is 16.7 Å². The smallest absolute Gasteiger partial charge is 0.350 e. The zero-order chi connectivity index (χ0) is 25.0. The van der Waals surface area contributed by atoms with Crippen molar-refractivity contribution < 1.29 is 28.2 Å². The standard InChI is InChI=1S/C26H27FN2O5S/c1-26(2)20-14-18(16-33-15-17-5-4-6-19(27)13-17)7-8-22(20)34-11-10-29(26)25(31)28-21-9-12-35-23(21)24(30)32-3/h4-9,12-14H,10-11,15-16H2,1-3H3,(H,28,31). The van der Waals surface area contributed by atoms with Crippen molar-refractivity contribution in [2.45, 2.75) is 32.6 Å². The lowest BCUT2D eigenvalue weighted by molar-refractivity contribution is 0.0607. The number of carbonyl (C=O) groups is 2. The first kappa shape index (κ1) is 24.7. The minimum Gasteiger partial charge on any atom is -0.491 e. The largest absolute Gasteiger partial charge is 0.491 e. The highest BCUT2D eigenvalue weighted by Gasteiger charge is 2.37. The summed E-state index contributed by atoms with van der Waals surface area (Å²) in [4.78, 5) is 27.3. The molecular weight excluding hydrogens is 471 g/mol. The van der Waals surface area contributed by atoms with Gasteiger partial charge in [0.25, 0.3) is 0 Å². The van der Waals surface area contributed by atoms with Crippen LogP contribution < -0.4 is 10.1 Å². The normalized spacial score (nSPS) is 14.5. The number of hydrogen-bond donors (Lipinski definition) is 1. The molecule has 1 aliphatic heterocycles. The van der Waals surface area contributed by atoms with E-state index < -0.39 is 11.5 Å². The van der Waals surface area contributed by atoms with Gasteiger partial charge in [-0.2, -0.15) is 0 Å². The van der Waals surface area contributed by atoms with Gasteiger partial charge < -0.3 is 24.4 Å². The number of esters is 1. The molecule has 0 bridgehead atoms. The Hall–Kier alpha value is -3.43. The van der Waals surface area contributed by atoms with Gasteiger partial charge in [-0.15, -0.1) is 11.3 Å². The van der Waals surface area contributed by atoms with E-state index in [-0.39, 0.29) is 18.5 Å². The Morgan fingerprint density at radius 3 is 2.66 bits per heavy atom. The molecule has 0 spiro atoms. The number of fused-ring (bicyclic) bond motifs is 1. The maximum absolute atomic E-state index is 13.4. The van der Waals surface area contributed by atoms with Crippen LogP contribution in [0.1, 0.15) is 40.2 Å². The second-order valence-corrected chi connectivity index (χ2v) is 9.51. The number of nitrogens with zero attached hydrogens (tertiary/aromatic N) is 1. The maximum atomic E-state index is 13.4. The second kappa shape index (κ2) is 10.5. The topological polar surface area (TPSA) is 77.1 Å². The van der Waals surface area contributed by atoms with Crippen molar-refractivity contribution in [3.8, 4) is 5.75 Å². The molecule has 2 amide bonds. The molecule has 0 radical (unpaired) electrons. The number of nitrogens with one attached hydrogen (secondary N) is 1. The number of methoxy groups -OCH3 is 1. The van der Waals surface area contributed by atoms with Crippen molar-refractivity contribution in [2.75, 3.05) is 25.6 Å². The quantitative estimate of drug-likeness (QED) is 0.451. The highest BCUT2D eigenvalue weighted by molar-refractivity contribution is 7.12. The zero-order valence-corrected chi connectivity index (χ0v) is 20.6. The Balaban J connectivity index is 1.50. The Morgan fingerprint density at radius 1 is 1.14 bits per heavy atom. The summed E-state index contributed by atoms with van der Waals surface area (Å²) < 4.78 is 30.0. The number of halogens is 1. The molecule has 2 heterocycles. The number of hydrogen-bond acceptors (Lipinski definition) is 6. The molecule has 0 fully saturated rings. The molecule has 7 nitrogen and oxygen atoms in total. The average molecular weight is 499 g/mol. The molecule has 184 valence electrons. The molecule has 0 unspecified atom stereocenters. The van der Waals surface area contributed by atoms with Crippen LogP contribution in [0.15, 0.2) is 53.9 Å². The highest BCUT2D eigenvalue weighted by atomic mass is 32.1. The number of benzene rings is 2. The fourth-order valence-electron chi connectivity index (χ4n) is 4.05. The summed E-state index contributed by atoms with van der Waals surface area (Å²) in [5, 5.41) is 4.57. The Labute approximate surface area is 207 Å². The van der Waals surface area contributed by atoms with E-state index in [0.29, 0.717) is 36.1 Å². The summed E-state index contributed by atoms with van der Waals surface area (Å²) in [6.07, 6.45) is 0. The fourth-order valence-corrected chi connectivity index (χ4v) is 4.82. The van der Waals surface area contributed by atoms with E-state index >= 15 is 0 Å². The van der Waals surface area contributed by atoms with Gasteiger partial charge in [-0.05, 0) is 60.7 Å². The summed E-state index contributed by atoms with van der Waals surface area (Å²) in [6, 6.07) is 13.4. The average Bonchev–Trinajstić information content (AvgIpc) is 3.24. The van der Waals surface area contributed by atoms with Crippen LogP contribution >= 0.6 is 11.3 Å². The Bertz CT molecular complexity index is 1230. The van der Waals surface area contributed by atoms with Crippen LogP contribution in [0.25, 0.3) is 0 Å². The van der Waals surface area contributed by atoms with Gasteiger partial charge in [-0.3, -0.25) is 0 Å². The molecule has 1 aromatic heterocycles. The first-order valence-electron chi connectivity index (χ1n) is 11.1. The molecule has 3 aromatic rings. The van der Waals surface area contributed by atoms with E-state index in [1.54, 1.807) is 22.4 Å². The number of anilines is 1. The molecule has 9 heteroatoms. The summed E-state index contributed by atoms with van der Waals surface area (Å²) in [5.74, 6) is -0.0958. The number of ether oxygens (including phenoxy) is 3. The van der Waals surface area contributed by atoms with E-state index in [4.69, 9.17) is 14.2 Å². The van der Waals surface area contributed by atoms with Crippen LogP contribution in [0.5, 0.6) is 5.75 Å². The van der Waals surface area contributed by atoms with Crippen LogP contribution in [-0.2, 0) is 28.2 Å². The van der Waals surface area contributed by atoms with E-state index in [9.17, 15) is 14.0 Å². The van der Waals surface area contributed by atoms with Gasteiger partial charge in [0.2, 0.25) is 0 Å². The molecule has 0 aliphatic carbocycles. The van der Waals surface area contributed by atoms with Gasteiger partial charge in [0.15, 0.2) is 0 Å². The van der Waals surface area contributed by atoms with Gasteiger partial charge >= 0.3 is 12.0 Å². The summed E-state index contributed by atoms with van der Waals surface area (Å²) in [7, 11) is 1.30. The molecule has 1 N–H and O–H groups in total. The van der Waals surface area contributed by atoms with Crippen LogP contribution in [-0.4, -0.2) is 37.2 Å². The Morgan fingerprint density at radius 2 is 1.91 bits per heavy atom. The predicted molar refractivity (Wildman–Crippen MR) is 131 cm³/mol. The van der Waals surface area contributed by atoms with Crippen molar-refractivity contribution in [3.05, 3.63) is 81.3 Å². The minimum absolute atomic E-state index is 0.284. The third-order valence-electron chi connectivity index (χ3n) is 5.90. The summed E-state index contributed by atoms with van der Waals surface area (Å²) >= 11 is 1.20. The molecule has 4 rings (SSSR count). The lowest BCUT2D eigenvalue weighted by Crippen LogP contribution is -2.48. The molecular formula is C26H27FN2O5S. The number of thiophene rings is 1. The van der Waals surface area contributed by atoms with E-state index in [1.807, 2.05) is 38.1 Å². The lowest BCUT2D eigenvalue weighted by Gasteiger charge is -2.37. The van der Waals surface area contributed by atoms with Gasteiger partial charge in [0.05, 0.1) is 38.1 Å². The summed E-state index contributed by atoms with van der Waals surface area (Å²) in [5.41, 5.74) is 2.20. The van der Waals surface area contributed by atoms with Crippen molar-refractivity contribution >= 4 is 29.0 Å². The Kier molecular flexibility index (Phi) is 7.37. The number of urea groups is 1. The van der Waals surface area contributed by atoms with Crippen LogP contribution in [0, 0.1) is 5.82 Å². The predicted octanol–water partition coefficient (Wildman–Crippen LogP) is 5.55. The van der Waals surface area contributed by atoms with Gasteiger partial charge in [-0.1, -0.05) is 18.2 Å². The monoisotopic (exact) mass is 498 g/mol. The third kappa shape index (κ3) is 5.47.